The molecule has 1 N–H and O–H groups in total. The third-order valence-corrected chi connectivity index (χ3v) is 4.96. The highest BCUT2D eigenvalue weighted by atomic mass is 16.2. The van der Waals surface area contributed by atoms with Gasteiger partial charge in [0.25, 0.3) is 5.91 Å². The minimum absolute atomic E-state index is 0.0103. The standard InChI is InChI=1S/C23H21N3O2/c1-16(27)18-7-4-8-21(11-18)25-22-12-20(13-24-14-22)23(28)26-10-9-17-5-2-3-6-19(17)15-26/h2-8,11-14,25H,9-10,15H2,1H3. The Kier molecular flexibility index (Phi) is 4.89. The Hall–Kier alpha value is -3.47. The van der Waals surface area contributed by atoms with Gasteiger partial charge in [0.2, 0.25) is 0 Å². The lowest BCUT2D eigenvalue weighted by Crippen LogP contribution is -2.36. The summed E-state index contributed by atoms with van der Waals surface area (Å²) in [7, 11) is 0. The highest BCUT2D eigenvalue weighted by Crippen LogP contribution is 2.22. The molecule has 0 fully saturated rings. The van der Waals surface area contributed by atoms with Crippen LogP contribution >= 0.6 is 0 Å². The SMILES string of the molecule is CC(=O)c1cccc(Nc2cncc(C(=O)N3CCc4ccccc4C3)c2)c1. The van der Waals surface area contributed by atoms with Gasteiger partial charge >= 0.3 is 0 Å². The zero-order valence-electron chi connectivity index (χ0n) is 15.7. The molecule has 0 atom stereocenters. The maximum Gasteiger partial charge on any atom is 0.255 e. The van der Waals surface area contributed by atoms with Crippen LogP contribution in [0.5, 0.6) is 0 Å². The van der Waals surface area contributed by atoms with E-state index in [1.54, 1.807) is 30.6 Å². The molecule has 3 aromatic rings. The number of rotatable bonds is 4. The van der Waals surface area contributed by atoms with Crippen LogP contribution in [-0.4, -0.2) is 28.1 Å². The molecular weight excluding hydrogens is 350 g/mol. The minimum atomic E-state index is -0.0249. The predicted octanol–water partition coefficient (Wildman–Crippen LogP) is 4.23. The average molecular weight is 371 g/mol. The Morgan fingerprint density at radius 1 is 0.929 bits per heavy atom. The number of aromatic nitrogens is 1. The molecule has 5 heteroatoms. The monoisotopic (exact) mass is 371 g/mol. The van der Waals surface area contributed by atoms with Crippen molar-refractivity contribution >= 4 is 23.1 Å². The second kappa shape index (κ2) is 7.64. The summed E-state index contributed by atoms with van der Waals surface area (Å²) in [6.07, 6.45) is 4.13. The fourth-order valence-electron chi connectivity index (χ4n) is 3.46. The molecule has 1 amide bonds. The van der Waals surface area contributed by atoms with Crippen LogP contribution in [0, 0.1) is 0 Å². The van der Waals surface area contributed by atoms with Gasteiger partial charge in [-0.1, -0.05) is 36.4 Å². The topological polar surface area (TPSA) is 62.3 Å². The molecule has 1 aliphatic heterocycles. The van der Waals surface area contributed by atoms with Gasteiger partial charge in [-0.05, 0) is 42.7 Å². The minimum Gasteiger partial charge on any atom is -0.354 e. The third kappa shape index (κ3) is 3.78. The van der Waals surface area contributed by atoms with E-state index in [1.807, 2.05) is 29.2 Å². The molecule has 28 heavy (non-hydrogen) atoms. The highest BCUT2D eigenvalue weighted by molar-refractivity contribution is 5.96. The molecule has 0 spiro atoms. The van der Waals surface area contributed by atoms with Crippen LogP contribution in [0.15, 0.2) is 67.0 Å². The van der Waals surface area contributed by atoms with E-state index in [0.29, 0.717) is 29.9 Å². The van der Waals surface area contributed by atoms with Crippen LogP contribution in [-0.2, 0) is 13.0 Å². The second-order valence-corrected chi connectivity index (χ2v) is 6.97. The summed E-state index contributed by atoms with van der Waals surface area (Å²) in [6.45, 7) is 2.86. The Bertz CT molecular complexity index is 1050. The van der Waals surface area contributed by atoms with Crippen LogP contribution in [0.1, 0.15) is 38.8 Å². The lowest BCUT2D eigenvalue weighted by Gasteiger charge is -2.29. The fourth-order valence-corrected chi connectivity index (χ4v) is 3.46. The number of anilines is 2. The summed E-state index contributed by atoms with van der Waals surface area (Å²) in [5, 5.41) is 3.23. The molecule has 1 aromatic heterocycles. The van der Waals surface area contributed by atoms with Gasteiger partial charge in [0.15, 0.2) is 5.78 Å². The Labute approximate surface area is 164 Å². The first kappa shape index (κ1) is 17.9. The zero-order valence-corrected chi connectivity index (χ0v) is 15.7. The number of carbonyl (C=O) groups is 2. The van der Waals surface area contributed by atoms with Crippen LogP contribution in [0.3, 0.4) is 0 Å². The largest absolute Gasteiger partial charge is 0.354 e. The van der Waals surface area contributed by atoms with E-state index in [9.17, 15) is 9.59 Å². The van der Waals surface area contributed by atoms with Gasteiger partial charge in [-0.25, -0.2) is 0 Å². The van der Waals surface area contributed by atoms with Crippen molar-refractivity contribution in [3.8, 4) is 0 Å². The van der Waals surface area contributed by atoms with E-state index >= 15 is 0 Å². The lowest BCUT2D eigenvalue weighted by atomic mass is 9.99. The lowest BCUT2D eigenvalue weighted by molar-refractivity contribution is 0.0734. The Morgan fingerprint density at radius 3 is 2.54 bits per heavy atom. The number of amides is 1. The van der Waals surface area contributed by atoms with Gasteiger partial charge in [0.05, 0.1) is 17.4 Å². The van der Waals surface area contributed by atoms with Gasteiger partial charge in [0, 0.05) is 30.5 Å². The van der Waals surface area contributed by atoms with Crippen molar-refractivity contribution in [2.75, 3.05) is 11.9 Å². The Balaban J connectivity index is 1.52. The van der Waals surface area contributed by atoms with Crippen molar-refractivity contribution in [3.05, 3.63) is 89.2 Å². The highest BCUT2D eigenvalue weighted by Gasteiger charge is 2.22. The molecule has 2 heterocycles. The quantitative estimate of drug-likeness (QED) is 0.697. The zero-order chi connectivity index (χ0) is 19.5. The number of nitrogens with zero attached hydrogens (tertiary/aromatic N) is 2. The van der Waals surface area contributed by atoms with E-state index in [4.69, 9.17) is 0 Å². The number of pyridine rings is 1. The fraction of sp³-hybridized carbons (Fsp3) is 0.174. The number of hydrogen-bond donors (Lipinski definition) is 1. The molecule has 0 saturated heterocycles. The van der Waals surface area contributed by atoms with E-state index in [-0.39, 0.29) is 11.7 Å². The molecule has 0 saturated carbocycles. The van der Waals surface area contributed by atoms with E-state index in [0.717, 1.165) is 12.1 Å². The van der Waals surface area contributed by atoms with Gasteiger partial charge in [-0.15, -0.1) is 0 Å². The smallest absolute Gasteiger partial charge is 0.255 e. The maximum absolute atomic E-state index is 13.0. The van der Waals surface area contributed by atoms with E-state index in [2.05, 4.69) is 22.4 Å². The number of nitrogens with one attached hydrogen (secondary N) is 1. The molecule has 2 aromatic carbocycles. The van der Waals surface area contributed by atoms with Gasteiger partial charge in [-0.3, -0.25) is 14.6 Å². The first-order valence-corrected chi connectivity index (χ1v) is 9.29. The van der Waals surface area contributed by atoms with E-state index in [1.165, 1.54) is 18.1 Å². The summed E-state index contributed by atoms with van der Waals surface area (Å²) < 4.78 is 0. The summed E-state index contributed by atoms with van der Waals surface area (Å²) in [5.74, 6) is -0.0146. The second-order valence-electron chi connectivity index (χ2n) is 6.97. The summed E-state index contributed by atoms with van der Waals surface area (Å²) >= 11 is 0. The molecule has 0 aliphatic carbocycles. The van der Waals surface area contributed by atoms with Gasteiger partial charge < -0.3 is 10.2 Å². The van der Waals surface area contributed by atoms with Crippen molar-refractivity contribution < 1.29 is 9.59 Å². The van der Waals surface area contributed by atoms with Gasteiger partial charge in [-0.2, -0.15) is 0 Å². The van der Waals surface area contributed by atoms with Crippen LogP contribution in [0.25, 0.3) is 0 Å². The number of ketones is 1. The average Bonchev–Trinajstić information content (AvgIpc) is 2.73. The van der Waals surface area contributed by atoms with Crippen molar-refractivity contribution in [2.24, 2.45) is 0 Å². The summed E-state index contributed by atoms with van der Waals surface area (Å²) in [6, 6.07) is 17.3. The molecular formula is C23H21N3O2. The predicted molar refractivity (Wildman–Crippen MR) is 109 cm³/mol. The van der Waals surface area contributed by atoms with Crippen molar-refractivity contribution in [1.29, 1.82) is 0 Å². The summed E-state index contributed by atoms with van der Waals surface area (Å²) in [4.78, 5) is 30.6. The molecule has 1 aliphatic rings. The molecule has 4 rings (SSSR count). The van der Waals surface area contributed by atoms with Crippen molar-refractivity contribution in [3.63, 3.8) is 0 Å². The number of Topliss-reactive ketones (excluding diaryl/α,β-unsaturated/α-hetero) is 1. The molecule has 0 bridgehead atoms. The molecule has 0 radical (unpaired) electrons. The van der Waals surface area contributed by atoms with E-state index < -0.39 is 0 Å². The molecule has 140 valence electrons. The number of fused-ring (bicyclic) bond motifs is 1. The van der Waals surface area contributed by atoms with Crippen LogP contribution < -0.4 is 5.32 Å². The van der Waals surface area contributed by atoms with Crippen LogP contribution in [0.2, 0.25) is 0 Å². The summed E-state index contributed by atoms with van der Waals surface area (Å²) in [5.41, 5.74) is 5.19. The Morgan fingerprint density at radius 2 is 1.71 bits per heavy atom. The first-order valence-electron chi connectivity index (χ1n) is 9.29. The maximum atomic E-state index is 13.0. The normalized spacial score (nSPS) is 13.0. The molecule has 5 nitrogen and oxygen atoms in total. The van der Waals surface area contributed by atoms with Crippen LogP contribution in [0.4, 0.5) is 11.4 Å². The van der Waals surface area contributed by atoms with Crippen molar-refractivity contribution in [2.45, 2.75) is 19.9 Å². The first-order chi connectivity index (χ1) is 13.6. The van der Waals surface area contributed by atoms with Gasteiger partial charge in [0.1, 0.15) is 0 Å². The number of hydrogen-bond acceptors (Lipinski definition) is 4. The third-order valence-electron chi connectivity index (χ3n) is 4.96. The molecule has 0 unspecified atom stereocenters. The number of carbonyl (C=O) groups excluding carboxylic acids is 2. The van der Waals surface area contributed by atoms with Crippen molar-refractivity contribution in [1.82, 2.24) is 9.88 Å². The number of benzene rings is 2.